The number of hydrogen-bond donors (Lipinski definition) is 2. The predicted molar refractivity (Wildman–Crippen MR) is 91.7 cm³/mol. The molecule has 2 N–H and O–H groups in total. The summed E-state index contributed by atoms with van der Waals surface area (Å²) in [6.07, 6.45) is 0. The van der Waals surface area contributed by atoms with Crippen LogP contribution in [0.2, 0.25) is 0 Å². The number of sulfonamides is 1. The monoisotopic (exact) mass is 370 g/mol. The van der Waals surface area contributed by atoms with Crippen LogP contribution in [0.1, 0.15) is 16.7 Å². The van der Waals surface area contributed by atoms with Gasteiger partial charge in [-0.05, 0) is 24.2 Å². The second-order valence-electron chi connectivity index (χ2n) is 5.32. The van der Waals surface area contributed by atoms with Crippen LogP contribution in [0.3, 0.4) is 0 Å². The number of halogens is 2. The molecule has 0 amide bonds. The van der Waals surface area contributed by atoms with E-state index in [2.05, 4.69) is 14.8 Å². The van der Waals surface area contributed by atoms with Crippen molar-refractivity contribution in [1.82, 2.24) is 10.0 Å². The van der Waals surface area contributed by atoms with E-state index in [9.17, 15) is 17.2 Å². The van der Waals surface area contributed by atoms with Crippen molar-refractivity contribution in [3.8, 4) is 5.75 Å². The van der Waals surface area contributed by atoms with Crippen LogP contribution < -0.4 is 14.8 Å². The topological polar surface area (TPSA) is 67.4 Å². The first kappa shape index (κ1) is 19.3. The van der Waals surface area contributed by atoms with Crippen LogP contribution in [0, 0.1) is 0 Å². The maximum atomic E-state index is 12.4. The van der Waals surface area contributed by atoms with Crippen LogP contribution in [0.25, 0.3) is 0 Å². The van der Waals surface area contributed by atoms with Gasteiger partial charge < -0.3 is 10.1 Å². The van der Waals surface area contributed by atoms with Gasteiger partial charge in [-0.15, -0.1) is 0 Å². The van der Waals surface area contributed by atoms with Gasteiger partial charge in [0.1, 0.15) is 5.75 Å². The molecule has 0 aliphatic rings. The lowest BCUT2D eigenvalue weighted by molar-refractivity contribution is -0.0505. The first-order chi connectivity index (χ1) is 11.9. The molecular formula is C17H20F2N2O3S. The maximum absolute atomic E-state index is 12.4. The normalized spacial score (nSPS) is 11.7. The van der Waals surface area contributed by atoms with Crippen molar-refractivity contribution >= 4 is 10.0 Å². The molecule has 0 aliphatic heterocycles. The molecule has 0 aromatic heterocycles. The summed E-state index contributed by atoms with van der Waals surface area (Å²) in [7, 11) is -2.00. The molecule has 0 saturated heterocycles. The van der Waals surface area contributed by atoms with Crippen molar-refractivity contribution in [1.29, 1.82) is 0 Å². The molecule has 8 heteroatoms. The van der Waals surface area contributed by atoms with E-state index in [1.165, 1.54) is 13.1 Å². The summed E-state index contributed by atoms with van der Waals surface area (Å²) in [5, 5.41) is 3.14. The van der Waals surface area contributed by atoms with Crippen molar-refractivity contribution in [2.45, 2.75) is 25.5 Å². The van der Waals surface area contributed by atoms with Gasteiger partial charge in [0.15, 0.2) is 0 Å². The summed E-state index contributed by atoms with van der Waals surface area (Å²) in [5.41, 5.74) is 2.11. The van der Waals surface area contributed by atoms with Gasteiger partial charge in [0.05, 0.1) is 5.75 Å². The highest BCUT2D eigenvalue weighted by atomic mass is 32.2. The predicted octanol–water partition coefficient (Wildman–Crippen LogP) is 2.63. The second kappa shape index (κ2) is 8.89. The van der Waals surface area contributed by atoms with Gasteiger partial charge >= 0.3 is 6.61 Å². The van der Waals surface area contributed by atoms with E-state index in [1.807, 2.05) is 12.1 Å². The van der Waals surface area contributed by atoms with Gasteiger partial charge in [-0.1, -0.05) is 42.5 Å². The number of hydrogen-bond acceptors (Lipinski definition) is 4. The average Bonchev–Trinajstić information content (AvgIpc) is 2.57. The van der Waals surface area contributed by atoms with Gasteiger partial charge in [0, 0.05) is 18.7 Å². The zero-order valence-electron chi connectivity index (χ0n) is 13.7. The van der Waals surface area contributed by atoms with E-state index in [1.54, 1.807) is 30.3 Å². The van der Waals surface area contributed by atoms with Crippen LogP contribution in [0.5, 0.6) is 5.75 Å². The van der Waals surface area contributed by atoms with E-state index >= 15 is 0 Å². The largest absolute Gasteiger partial charge is 0.434 e. The first-order valence-corrected chi connectivity index (χ1v) is 9.28. The Morgan fingerprint density at radius 3 is 2.16 bits per heavy atom. The van der Waals surface area contributed by atoms with Gasteiger partial charge in [0.2, 0.25) is 10.0 Å². The Hall–Kier alpha value is -2.03. The van der Waals surface area contributed by atoms with E-state index in [0.717, 1.165) is 5.56 Å². The molecule has 5 nitrogen and oxygen atoms in total. The summed E-state index contributed by atoms with van der Waals surface area (Å²) in [4.78, 5) is 0. The highest BCUT2D eigenvalue weighted by Gasteiger charge is 2.12. The van der Waals surface area contributed by atoms with Crippen molar-refractivity contribution in [2.75, 3.05) is 7.05 Å². The number of alkyl halides is 2. The second-order valence-corrected chi connectivity index (χ2v) is 7.25. The zero-order valence-corrected chi connectivity index (χ0v) is 14.5. The summed E-state index contributed by atoms with van der Waals surface area (Å²) in [5.74, 6) is 0.00272. The minimum atomic E-state index is -3.37. The Morgan fingerprint density at radius 1 is 0.960 bits per heavy atom. The molecule has 2 aromatic rings. The van der Waals surface area contributed by atoms with Crippen LogP contribution in [0.4, 0.5) is 8.78 Å². The zero-order chi connectivity index (χ0) is 18.3. The van der Waals surface area contributed by atoms with Crippen molar-refractivity contribution in [3.05, 3.63) is 65.2 Å². The lowest BCUT2D eigenvalue weighted by Crippen LogP contribution is -2.22. The molecule has 25 heavy (non-hydrogen) atoms. The number of benzene rings is 2. The third-order valence-corrected chi connectivity index (χ3v) is 4.91. The van der Waals surface area contributed by atoms with Gasteiger partial charge in [0.25, 0.3) is 0 Å². The summed E-state index contributed by atoms with van der Waals surface area (Å²) < 4.78 is 55.1. The summed E-state index contributed by atoms with van der Waals surface area (Å²) >= 11 is 0. The highest BCUT2D eigenvalue weighted by Crippen LogP contribution is 2.20. The van der Waals surface area contributed by atoms with Crippen molar-refractivity contribution in [3.63, 3.8) is 0 Å². The Bertz CT molecular complexity index is 798. The van der Waals surface area contributed by atoms with Crippen LogP contribution >= 0.6 is 0 Å². The fourth-order valence-electron chi connectivity index (χ4n) is 2.34. The van der Waals surface area contributed by atoms with E-state index < -0.39 is 16.6 Å². The molecule has 0 aliphatic carbocycles. The molecule has 0 spiro atoms. The number of rotatable bonds is 9. The third-order valence-electron chi connectivity index (χ3n) is 3.59. The van der Waals surface area contributed by atoms with Gasteiger partial charge in [-0.25, -0.2) is 13.1 Å². The fraction of sp³-hybridized carbons (Fsp3) is 0.294. The van der Waals surface area contributed by atoms with Crippen molar-refractivity contribution in [2.24, 2.45) is 0 Å². The fourth-order valence-corrected chi connectivity index (χ4v) is 3.18. The maximum Gasteiger partial charge on any atom is 0.387 e. The Kier molecular flexibility index (Phi) is 6.86. The standard InChI is InChI=1S/C17H20F2N2O3S/c1-20-25(22,23)12-15-8-3-2-6-13(15)10-21-11-14-7-4-5-9-16(14)24-17(18)19/h2-9,17,20-21H,10-12H2,1H3. The van der Waals surface area contributed by atoms with E-state index in [0.29, 0.717) is 24.2 Å². The minimum absolute atomic E-state index is 0.119. The van der Waals surface area contributed by atoms with Crippen LogP contribution in [0.15, 0.2) is 48.5 Å². The molecule has 0 atom stereocenters. The lowest BCUT2D eigenvalue weighted by Gasteiger charge is -2.13. The summed E-state index contributed by atoms with van der Waals surface area (Å²) in [6, 6.07) is 13.7. The molecule has 136 valence electrons. The molecule has 0 unspecified atom stereocenters. The average molecular weight is 370 g/mol. The Morgan fingerprint density at radius 2 is 1.52 bits per heavy atom. The number of para-hydroxylation sites is 1. The SMILES string of the molecule is CNS(=O)(=O)Cc1ccccc1CNCc1ccccc1OC(F)F. The van der Waals surface area contributed by atoms with Crippen molar-refractivity contribution < 1.29 is 21.9 Å². The number of nitrogens with one attached hydrogen (secondary N) is 2. The molecule has 0 bridgehead atoms. The van der Waals surface area contributed by atoms with Crippen LogP contribution in [-0.4, -0.2) is 22.1 Å². The minimum Gasteiger partial charge on any atom is -0.434 e. The number of ether oxygens (including phenoxy) is 1. The molecule has 2 aromatic carbocycles. The quantitative estimate of drug-likeness (QED) is 0.712. The molecular weight excluding hydrogens is 350 g/mol. The smallest absolute Gasteiger partial charge is 0.387 e. The molecule has 2 rings (SSSR count). The van der Waals surface area contributed by atoms with E-state index in [4.69, 9.17) is 0 Å². The summed E-state index contributed by atoms with van der Waals surface area (Å²) in [6.45, 7) is -2.16. The molecule has 0 saturated carbocycles. The Labute approximate surface area is 146 Å². The molecule has 0 fully saturated rings. The molecule has 0 radical (unpaired) electrons. The third kappa shape index (κ3) is 6.08. The Balaban J connectivity index is 2.04. The highest BCUT2D eigenvalue weighted by molar-refractivity contribution is 7.88. The van der Waals surface area contributed by atoms with Gasteiger partial charge in [-0.3, -0.25) is 0 Å². The lowest BCUT2D eigenvalue weighted by atomic mass is 10.1. The first-order valence-electron chi connectivity index (χ1n) is 7.62. The molecule has 0 heterocycles. The van der Waals surface area contributed by atoms with Crippen LogP contribution in [-0.2, 0) is 28.9 Å². The van der Waals surface area contributed by atoms with Gasteiger partial charge in [-0.2, -0.15) is 8.78 Å². The van der Waals surface area contributed by atoms with E-state index in [-0.39, 0.29) is 11.5 Å².